The van der Waals surface area contributed by atoms with E-state index in [1.54, 1.807) is 12.1 Å². The summed E-state index contributed by atoms with van der Waals surface area (Å²) in [7, 11) is -0.822. The van der Waals surface area contributed by atoms with Crippen molar-refractivity contribution < 1.29 is 27.5 Å². The zero-order valence-corrected chi connectivity index (χ0v) is 19.0. The molecule has 1 aromatic heterocycles. The number of anilines is 1. The van der Waals surface area contributed by atoms with Crippen LogP contribution in [-0.4, -0.2) is 57.7 Å². The molecule has 9 nitrogen and oxygen atoms in total. The van der Waals surface area contributed by atoms with Crippen molar-refractivity contribution in [2.24, 2.45) is 0 Å². The van der Waals surface area contributed by atoms with Crippen molar-refractivity contribution in [1.82, 2.24) is 10.2 Å². The second-order valence-corrected chi connectivity index (χ2v) is 10.1. The van der Waals surface area contributed by atoms with Crippen LogP contribution in [0.2, 0.25) is 0 Å². The topological polar surface area (TPSA) is 122 Å². The molecule has 2 N–H and O–H groups in total. The molecule has 0 bridgehead atoms. The van der Waals surface area contributed by atoms with Crippen molar-refractivity contribution >= 4 is 44.1 Å². The SMILES string of the molecule is CCS(=O)(=O)c1ccccc1C(=O)Nc1sc2c(c1C(=O)NC)CCN(C(=O)OC)C2. The van der Waals surface area contributed by atoms with E-state index in [0.29, 0.717) is 23.5 Å². The second-order valence-electron chi connectivity index (χ2n) is 6.78. The van der Waals surface area contributed by atoms with Gasteiger partial charge in [-0.3, -0.25) is 9.59 Å². The normalized spacial score (nSPS) is 13.3. The summed E-state index contributed by atoms with van der Waals surface area (Å²) < 4.78 is 29.6. The van der Waals surface area contributed by atoms with Gasteiger partial charge in [0.15, 0.2) is 9.84 Å². The van der Waals surface area contributed by atoms with Gasteiger partial charge in [-0.1, -0.05) is 19.1 Å². The van der Waals surface area contributed by atoms with E-state index in [4.69, 9.17) is 4.74 Å². The summed E-state index contributed by atoms with van der Waals surface area (Å²) in [5.74, 6) is -1.13. The first-order chi connectivity index (χ1) is 14.7. The summed E-state index contributed by atoms with van der Waals surface area (Å²) in [4.78, 5) is 39.7. The van der Waals surface area contributed by atoms with E-state index >= 15 is 0 Å². The standard InChI is InChI=1S/C20H23N3O6S2/c1-4-31(27,28)15-8-6-5-7-13(15)17(24)22-19-16(18(25)21-2)12-9-10-23(20(26)29-3)11-14(12)30-19/h5-8H,4,9-11H2,1-3H3,(H,21,25)(H,22,24). The Hall–Kier alpha value is -2.92. The van der Waals surface area contributed by atoms with E-state index in [0.717, 1.165) is 10.4 Å². The fourth-order valence-corrected chi connectivity index (χ4v) is 5.74. The Kier molecular flexibility index (Phi) is 6.65. The van der Waals surface area contributed by atoms with Gasteiger partial charge < -0.3 is 20.3 Å². The molecular weight excluding hydrogens is 442 g/mol. The van der Waals surface area contributed by atoms with E-state index in [2.05, 4.69) is 10.6 Å². The molecule has 0 spiro atoms. The second kappa shape index (κ2) is 9.06. The van der Waals surface area contributed by atoms with Gasteiger partial charge in [-0.25, -0.2) is 13.2 Å². The maximum absolute atomic E-state index is 13.0. The number of hydrogen-bond acceptors (Lipinski definition) is 7. The lowest BCUT2D eigenvalue weighted by Gasteiger charge is -2.25. The van der Waals surface area contributed by atoms with Crippen molar-refractivity contribution in [3.05, 3.63) is 45.8 Å². The van der Waals surface area contributed by atoms with Crippen molar-refractivity contribution in [1.29, 1.82) is 0 Å². The van der Waals surface area contributed by atoms with Crippen molar-refractivity contribution in [2.45, 2.75) is 24.8 Å². The maximum atomic E-state index is 13.0. The third kappa shape index (κ3) is 4.42. The summed E-state index contributed by atoms with van der Waals surface area (Å²) in [5, 5.41) is 5.60. The molecule has 0 saturated heterocycles. The van der Waals surface area contributed by atoms with Crippen LogP contribution in [0.3, 0.4) is 0 Å². The highest BCUT2D eigenvalue weighted by Crippen LogP contribution is 2.37. The smallest absolute Gasteiger partial charge is 0.409 e. The number of amides is 3. The van der Waals surface area contributed by atoms with E-state index in [9.17, 15) is 22.8 Å². The number of thiophene rings is 1. The van der Waals surface area contributed by atoms with Gasteiger partial charge in [0.1, 0.15) is 5.00 Å². The first kappa shape index (κ1) is 22.8. The molecule has 3 amide bonds. The molecule has 3 rings (SSSR count). The Morgan fingerprint density at radius 2 is 1.90 bits per heavy atom. The van der Waals surface area contributed by atoms with Gasteiger partial charge in [0.05, 0.1) is 35.4 Å². The maximum Gasteiger partial charge on any atom is 0.409 e. The lowest BCUT2D eigenvalue weighted by atomic mass is 10.0. The number of carbonyl (C=O) groups excluding carboxylic acids is 3. The molecule has 0 aliphatic carbocycles. The lowest BCUT2D eigenvalue weighted by molar-refractivity contribution is 0.0962. The van der Waals surface area contributed by atoms with Gasteiger partial charge in [0, 0.05) is 18.5 Å². The summed E-state index contributed by atoms with van der Waals surface area (Å²) >= 11 is 1.19. The van der Waals surface area contributed by atoms with Gasteiger partial charge in [-0.05, 0) is 24.1 Å². The number of benzene rings is 1. The van der Waals surface area contributed by atoms with Crippen LogP contribution in [-0.2, 0) is 27.5 Å². The molecule has 31 heavy (non-hydrogen) atoms. The molecular formula is C20H23N3O6S2. The fraction of sp³-hybridized carbons (Fsp3) is 0.350. The molecule has 0 fully saturated rings. The minimum Gasteiger partial charge on any atom is -0.453 e. The number of hydrogen-bond donors (Lipinski definition) is 2. The Labute approximate surface area is 184 Å². The van der Waals surface area contributed by atoms with Crippen molar-refractivity contribution in [3.63, 3.8) is 0 Å². The average molecular weight is 466 g/mol. The Bertz CT molecular complexity index is 1140. The van der Waals surface area contributed by atoms with Crippen LogP contribution in [0.15, 0.2) is 29.2 Å². The first-order valence-corrected chi connectivity index (χ1v) is 12.0. The van der Waals surface area contributed by atoms with Gasteiger partial charge in [0.25, 0.3) is 11.8 Å². The molecule has 1 aliphatic rings. The van der Waals surface area contributed by atoms with Gasteiger partial charge in [-0.15, -0.1) is 11.3 Å². The van der Waals surface area contributed by atoms with Crippen LogP contribution < -0.4 is 10.6 Å². The highest BCUT2D eigenvalue weighted by atomic mass is 32.2. The summed E-state index contributed by atoms with van der Waals surface area (Å²) in [6.07, 6.45) is -0.0368. The first-order valence-electron chi connectivity index (χ1n) is 9.56. The number of nitrogens with zero attached hydrogens (tertiary/aromatic N) is 1. The molecule has 166 valence electrons. The quantitative estimate of drug-likeness (QED) is 0.699. The monoisotopic (exact) mass is 465 g/mol. The van der Waals surface area contributed by atoms with E-state index < -0.39 is 21.8 Å². The number of carbonyl (C=O) groups is 3. The van der Waals surface area contributed by atoms with Gasteiger partial charge in [-0.2, -0.15) is 0 Å². The molecule has 2 aromatic rings. The Morgan fingerprint density at radius 1 is 1.19 bits per heavy atom. The van der Waals surface area contributed by atoms with E-state index in [-0.39, 0.29) is 28.7 Å². The number of ether oxygens (including phenoxy) is 1. The molecule has 1 aromatic carbocycles. The van der Waals surface area contributed by atoms with E-state index in [1.165, 1.54) is 49.5 Å². The minimum absolute atomic E-state index is 0.00904. The predicted molar refractivity (Wildman–Crippen MR) is 116 cm³/mol. The summed E-state index contributed by atoms with van der Waals surface area (Å²) in [6, 6.07) is 5.96. The lowest BCUT2D eigenvalue weighted by Crippen LogP contribution is -2.35. The Balaban J connectivity index is 2.00. The molecule has 11 heteroatoms. The zero-order chi connectivity index (χ0) is 22.8. The minimum atomic E-state index is -3.61. The number of fused-ring (bicyclic) bond motifs is 1. The third-order valence-corrected chi connectivity index (χ3v) is 7.94. The Morgan fingerprint density at radius 3 is 2.55 bits per heavy atom. The fourth-order valence-electron chi connectivity index (χ4n) is 3.39. The molecule has 0 atom stereocenters. The van der Waals surface area contributed by atoms with Gasteiger partial charge in [0.2, 0.25) is 0 Å². The molecule has 0 radical (unpaired) electrons. The van der Waals surface area contributed by atoms with Crippen LogP contribution in [0.1, 0.15) is 38.1 Å². The highest BCUT2D eigenvalue weighted by molar-refractivity contribution is 7.91. The number of rotatable bonds is 5. The van der Waals surface area contributed by atoms with Crippen molar-refractivity contribution in [3.8, 4) is 0 Å². The van der Waals surface area contributed by atoms with Crippen LogP contribution in [0.4, 0.5) is 9.80 Å². The number of nitrogens with one attached hydrogen (secondary N) is 2. The average Bonchev–Trinajstić information content (AvgIpc) is 3.14. The van der Waals surface area contributed by atoms with Crippen LogP contribution in [0.5, 0.6) is 0 Å². The van der Waals surface area contributed by atoms with E-state index in [1.807, 2.05) is 0 Å². The van der Waals surface area contributed by atoms with Crippen molar-refractivity contribution in [2.75, 3.05) is 31.8 Å². The number of sulfone groups is 1. The highest BCUT2D eigenvalue weighted by Gasteiger charge is 2.31. The molecule has 2 heterocycles. The molecule has 0 unspecified atom stereocenters. The molecule has 0 saturated carbocycles. The van der Waals surface area contributed by atoms with Crippen LogP contribution in [0, 0.1) is 0 Å². The predicted octanol–water partition coefficient (Wildman–Crippen LogP) is 2.28. The summed E-state index contributed by atoms with van der Waals surface area (Å²) in [6.45, 7) is 2.15. The summed E-state index contributed by atoms with van der Waals surface area (Å²) in [5.41, 5.74) is 1.10. The third-order valence-electron chi connectivity index (χ3n) is 5.02. The molecule has 1 aliphatic heterocycles. The number of methoxy groups -OCH3 is 1. The zero-order valence-electron chi connectivity index (χ0n) is 17.4. The van der Waals surface area contributed by atoms with Gasteiger partial charge >= 0.3 is 6.09 Å². The van der Waals surface area contributed by atoms with Crippen LogP contribution in [0.25, 0.3) is 0 Å². The van der Waals surface area contributed by atoms with Crippen LogP contribution >= 0.6 is 11.3 Å². The largest absolute Gasteiger partial charge is 0.453 e.